The van der Waals surface area contributed by atoms with Crippen LogP contribution >= 0.6 is 0 Å². The van der Waals surface area contributed by atoms with Gasteiger partial charge in [-0.05, 0) is 126 Å². The van der Waals surface area contributed by atoms with Crippen LogP contribution in [-0.4, -0.2) is 0 Å². The third-order valence-corrected chi connectivity index (χ3v) is 15.2. The molecule has 1 aliphatic carbocycles. The van der Waals surface area contributed by atoms with Crippen LogP contribution in [0.25, 0.3) is 76.9 Å². The molecule has 70 heavy (non-hydrogen) atoms. The first-order valence-electron chi connectivity index (χ1n) is 24.4. The number of anilines is 3. The summed E-state index contributed by atoms with van der Waals surface area (Å²) in [6.45, 7) is 4.68. The third kappa shape index (κ3) is 6.42. The fourth-order valence-electron chi connectivity index (χ4n) is 11.7. The highest BCUT2D eigenvalue weighted by molar-refractivity contribution is 6.06. The normalized spacial score (nSPS) is 13.4. The molecule has 0 bridgehead atoms. The van der Waals surface area contributed by atoms with Crippen molar-refractivity contribution in [1.29, 1.82) is 0 Å². The molecule has 2 heterocycles. The van der Waals surface area contributed by atoms with E-state index >= 15 is 0 Å². The van der Waals surface area contributed by atoms with Crippen LogP contribution in [-0.2, 0) is 18.3 Å². The average molecular weight is 898 g/mol. The van der Waals surface area contributed by atoms with Crippen LogP contribution in [0.4, 0.5) is 17.1 Å². The fraction of sp³-hybridized carbons (Fsp3) is 0.0746. The first-order valence-corrected chi connectivity index (χ1v) is 24.4. The molecule has 332 valence electrons. The van der Waals surface area contributed by atoms with Crippen molar-refractivity contribution in [2.24, 2.45) is 0 Å². The molecule has 0 radical (unpaired) electrons. The van der Waals surface area contributed by atoms with Crippen molar-refractivity contribution < 1.29 is 9.15 Å². The van der Waals surface area contributed by atoms with E-state index in [9.17, 15) is 0 Å². The van der Waals surface area contributed by atoms with Gasteiger partial charge in [0.25, 0.3) is 0 Å². The van der Waals surface area contributed by atoms with E-state index in [0.29, 0.717) is 0 Å². The van der Waals surface area contributed by atoms with E-state index in [0.717, 1.165) is 85.2 Å². The zero-order valence-corrected chi connectivity index (χ0v) is 39.0. The number of furan rings is 1. The molecule has 12 aromatic rings. The van der Waals surface area contributed by atoms with Crippen LogP contribution in [0.5, 0.6) is 11.5 Å². The molecule has 0 atom stereocenters. The largest absolute Gasteiger partial charge is 0.456 e. The number of hydrogen-bond acceptors (Lipinski definition) is 3. The van der Waals surface area contributed by atoms with Gasteiger partial charge in [0.2, 0.25) is 0 Å². The molecule has 1 aliphatic heterocycles. The van der Waals surface area contributed by atoms with Crippen molar-refractivity contribution in [2.75, 3.05) is 4.90 Å². The molecule has 0 fully saturated rings. The predicted molar refractivity (Wildman–Crippen MR) is 290 cm³/mol. The zero-order valence-electron chi connectivity index (χ0n) is 39.0. The molecule has 11 aromatic carbocycles. The second kappa shape index (κ2) is 15.7. The second-order valence-corrected chi connectivity index (χ2v) is 19.6. The molecular weight excluding hydrogens is 851 g/mol. The molecule has 3 heteroatoms. The number of rotatable bonds is 4. The quantitative estimate of drug-likeness (QED) is 0.176. The van der Waals surface area contributed by atoms with E-state index in [-0.39, 0.29) is 5.41 Å². The number of benzene rings is 11. The van der Waals surface area contributed by atoms with Gasteiger partial charge in [-0.2, -0.15) is 0 Å². The fourth-order valence-corrected chi connectivity index (χ4v) is 11.7. The Balaban J connectivity index is 0.904. The van der Waals surface area contributed by atoms with Crippen molar-refractivity contribution in [3.63, 3.8) is 0 Å². The Kier molecular flexibility index (Phi) is 9.06. The lowest BCUT2D eigenvalue weighted by molar-refractivity contribution is 0.484. The van der Waals surface area contributed by atoms with Crippen molar-refractivity contribution in [3.8, 4) is 44.9 Å². The third-order valence-electron chi connectivity index (χ3n) is 15.2. The summed E-state index contributed by atoms with van der Waals surface area (Å²) in [4.78, 5) is 2.38. The molecule has 0 amide bonds. The number of hydrogen-bond donors (Lipinski definition) is 0. The molecule has 0 spiro atoms. The molecule has 0 saturated carbocycles. The van der Waals surface area contributed by atoms with Gasteiger partial charge in [0.05, 0.1) is 0 Å². The van der Waals surface area contributed by atoms with E-state index in [1.54, 1.807) is 0 Å². The number of para-hydroxylation sites is 1. The highest BCUT2D eigenvalue weighted by Crippen LogP contribution is 2.51. The summed E-state index contributed by atoms with van der Waals surface area (Å²) < 4.78 is 13.8. The lowest BCUT2D eigenvalue weighted by atomic mass is 9.82. The van der Waals surface area contributed by atoms with Crippen molar-refractivity contribution in [3.05, 3.63) is 258 Å². The summed E-state index contributed by atoms with van der Waals surface area (Å²) in [6.07, 6.45) is 1.45. The Bertz CT molecular complexity index is 4080. The van der Waals surface area contributed by atoms with Crippen LogP contribution in [0.3, 0.4) is 0 Å². The van der Waals surface area contributed by atoms with Gasteiger partial charge in [0.1, 0.15) is 22.7 Å². The van der Waals surface area contributed by atoms with Gasteiger partial charge < -0.3 is 14.1 Å². The highest BCUT2D eigenvalue weighted by atomic mass is 16.5. The van der Waals surface area contributed by atoms with Gasteiger partial charge in [-0.1, -0.05) is 184 Å². The van der Waals surface area contributed by atoms with Crippen molar-refractivity contribution >= 4 is 60.5 Å². The lowest BCUT2D eigenvalue weighted by Gasteiger charge is -2.27. The first-order chi connectivity index (χ1) is 34.4. The van der Waals surface area contributed by atoms with E-state index in [1.807, 2.05) is 12.1 Å². The maximum atomic E-state index is 7.29. The summed E-state index contributed by atoms with van der Waals surface area (Å²) in [6, 6.07) is 82.1. The first kappa shape index (κ1) is 40.4. The van der Waals surface area contributed by atoms with Gasteiger partial charge in [0.15, 0.2) is 0 Å². The van der Waals surface area contributed by atoms with Crippen LogP contribution < -0.4 is 9.64 Å². The summed E-state index contributed by atoms with van der Waals surface area (Å²) in [7, 11) is 0. The lowest BCUT2D eigenvalue weighted by Crippen LogP contribution is -2.15. The Morgan fingerprint density at radius 2 is 0.900 bits per heavy atom. The van der Waals surface area contributed by atoms with E-state index < -0.39 is 0 Å². The average Bonchev–Trinajstić information content (AvgIpc) is 3.88. The number of nitrogens with zero attached hydrogens (tertiary/aromatic N) is 1. The molecule has 3 nitrogen and oxygen atoms in total. The van der Waals surface area contributed by atoms with Crippen molar-refractivity contribution in [2.45, 2.75) is 32.1 Å². The van der Waals surface area contributed by atoms with E-state index in [4.69, 9.17) is 9.15 Å². The van der Waals surface area contributed by atoms with Crippen LogP contribution in [0, 0.1) is 0 Å². The van der Waals surface area contributed by atoms with Gasteiger partial charge in [0, 0.05) is 62.9 Å². The molecular formula is C67H47NO2. The topological polar surface area (TPSA) is 25.6 Å². The van der Waals surface area contributed by atoms with Gasteiger partial charge >= 0.3 is 0 Å². The Labute approximate surface area is 407 Å². The Morgan fingerprint density at radius 1 is 0.357 bits per heavy atom. The maximum absolute atomic E-state index is 7.29. The van der Waals surface area contributed by atoms with E-state index in [1.165, 1.54) is 66.4 Å². The maximum Gasteiger partial charge on any atom is 0.138 e. The number of ether oxygens (including phenoxy) is 1. The minimum atomic E-state index is -0.0832. The van der Waals surface area contributed by atoms with Crippen molar-refractivity contribution in [1.82, 2.24) is 0 Å². The minimum Gasteiger partial charge on any atom is -0.456 e. The predicted octanol–water partition coefficient (Wildman–Crippen LogP) is 18.3. The molecule has 2 aliphatic rings. The Hall–Kier alpha value is -8.66. The molecule has 1 aromatic heterocycles. The van der Waals surface area contributed by atoms with Gasteiger partial charge in [-0.3, -0.25) is 0 Å². The summed E-state index contributed by atoms with van der Waals surface area (Å²) in [5.74, 6) is 1.85. The monoisotopic (exact) mass is 897 g/mol. The van der Waals surface area contributed by atoms with Crippen LogP contribution in [0.15, 0.2) is 229 Å². The summed E-state index contributed by atoms with van der Waals surface area (Å²) in [5.41, 5.74) is 19.9. The highest BCUT2D eigenvalue weighted by Gasteiger charge is 2.35. The van der Waals surface area contributed by atoms with Gasteiger partial charge in [-0.15, -0.1) is 0 Å². The Morgan fingerprint density at radius 3 is 1.66 bits per heavy atom. The van der Waals surface area contributed by atoms with E-state index in [2.05, 4.69) is 231 Å². The summed E-state index contributed by atoms with van der Waals surface area (Å²) >= 11 is 0. The smallest absolute Gasteiger partial charge is 0.138 e. The minimum absolute atomic E-state index is 0.0832. The molecule has 0 saturated heterocycles. The summed E-state index contributed by atoms with van der Waals surface area (Å²) in [5, 5.41) is 6.82. The second-order valence-electron chi connectivity index (χ2n) is 19.6. The van der Waals surface area contributed by atoms with Crippen LogP contribution in [0.1, 0.15) is 47.2 Å². The molecule has 0 unspecified atom stereocenters. The SMILES string of the molecule is CC1(C)c2ccccc2-c2cc(N(c3ccc(-c4ccc5c(c4)-c4ccccc4Cc4ccc6ccccc6c4Oc4c(ccc6ccccc46)C5)cc3)c3ccc4c(c3)oc3ccccc34)ccc21. The standard InChI is InChI=1S/C67H47NO2/c1-67(2)61-21-11-9-19-56(61)60-40-51(34-36-62(60)67)68(52-33-35-58-57-20-10-12-22-63(57)69-64(58)41-52)50-31-29-42(30-32-50)45-25-26-47-38-49-28-24-44-14-4-8-18-55(44)66(49)70-65-48(27-23-43-13-3-7-17-54(43)65)37-46-15-5-6-16-53(46)59(47)39-45/h3-36,39-41H,37-38H2,1-2H3. The van der Waals surface area contributed by atoms with Crippen LogP contribution in [0.2, 0.25) is 0 Å². The molecule has 14 rings (SSSR count). The zero-order chi connectivity index (χ0) is 46.5. The van der Waals surface area contributed by atoms with Gasteiger partial charge in [-0.25, -0.2) is 0 Å². The number of fused-ring (bicyclic) bond motifs is 15. The molecule has 0 N–H and O–H groups in total.